The first-order valence-corrected chi connectivity index (χ1v) is 7.24. The molecular formula is C18H18O5. The van der Waals surface area contributed by atoms with E-state index in [1.54, 1.807) is 33.5 Å². The Kier molecular flexibility index (Phi) is 4.21. The van der Waals surface area contributed by atoms with Gasteiger partial charge in [-0.1, -0.05) is 30.3 Å². The third-order valence-corrected chi connectivity index (χ3v) is 3.82. The van der Waals surface area contributed by atoms with Crippen LogP contribution in [0, 0.1) is 0 Å². The standard InChI is InChI=1S/C18H18O5/c1-20-13-9-12(10-14(21-2)17(13)22-3)16-18(23-16)15(19)11-7-5-4-6-8-11/h4-10,16,18H,1-3H3/t16-,18+/m1/s1. The maximum absolute atomic E-state index is 12.4. The van der Waals surface area contributed by atoms with Crippen molar-refractivity contribution in [2.45, 2.75) is 12.2 Å². The van der Waals surface area contributed by atoms with E-state index >= 15 is 0 Å². The van der Waals surface area contributed by atoms with Crippen LogP contribution in [0.15, 0.2) is 42.5 Å². The van der Waals surface area contributed by atoms with Gasteiger partial charge in [0.25, 0.3) is 0 Å². The highest BCUT2D eigenvalue weighted by Gasteiger charge is 2.46. The minimum absolute atomic E-state index is 0.0237. The van der Waals surface area contributed by atoms with E-state index in [0.29, 0.717) is 22.8 Å². The molecule has 3 rings (SSSR count). The van der Waals surface area contributed by atoms with E-state index in [0.717, 1.165) is 5.56 Å². The molecule has 1 aliphatic heterocycles. The van der Waals surface area contributed by atoms with E-state index in [1.165, 1.54) is 0 Å². The molecule has 2 atom stereocenters. The largest absolute Gasteiger partial charge is 0.493 e. The minimum atomic E-state index is -0.472. The van der Waals surface area contributed by atoms with Crippen LogP contribution in [0.25, 0.3) is 0 Å². The van der Waals surface area contributed by atoms with Crippen LogP contribution in [0.4, 0.5) is 0 Å². The van der Waals surface area contributed by atoms with Gasteiger partial charge in [-0.15, -0.1) is 0 Å². The fourth-order valence-corrected chi connectivity index (χ4v) is 2.60. The second-order valence-electron chi connectivity index (χ2n) is 5.17. The van der Waals surface area contributed by atoms with Gasteiger partial charge >= 0.3 is 0 Å². The van der Waals surface area contributed by atoms with Crippen molar-refractivity contribution < 1.29 is 23.7 Å². The lowest BCUT2D eigenvalue weighted by Gasteiger charge is -2.13. The summed E-state index contributed by atoms with van der Waals surface area (Å²) >= 11 is 0. The van der Waals surface area contributed by atoms with Gasteiger partial charge in [-0.05, 0) is 17.7 Å². The van der Waals surface area contributed by atoms with Gasteiger partial charge in [0.2, 0.25) is 5.75 Å². The molecule has 0 N–H and O–H groups in total. The van der Waals surface area contributed by atoms with Crippen LogP contribution in [0.1, 0.15) is 22.0 Å². The van der Waals surface area contributed by atoms with E-state index in [9.17, 15) is 4.79 Å². The summed E-state index contributed by atoms with van der Waals surface area (Å²) in [5.41, 5.74) is 1.47. The van der Waals surface area contributed by atoms with Crippen LogP contribution in [0.3, 0.4) is 0 Å². The molecule has 0 amide bonds. The predicted octanol–water partition coefficient (Wildman–Crippen LogP) is 3.04. The van der Waals surface area contributed by atoms with Crippen molar-refractivity contribution in [1.82, 2.24) is 0 Å². The van der Waals surface area contributed by atoms with Gasteiger partial charge in [-0.2, -0.15) is 0 Å². The molecule has 0 saturated carbocycles. The number of hydrogen-bond acceptors (Lipinski definition) is 5. The Hall–Kier alpha value is -2.53. The Morgan fingerprint density at radius 2 is 1.57 bits per heavy atom. The van der Waals surface area contributed by atoms with E-state index in [-0.39, 0.29) is 11.9 Å². The van der Waals surface area contributed by atoms with Crippen LogP contribution < -0.4 is 14.2 Å². The molecule has 0 radical (unpaired) electrons. The number of methoxy groups -OCH3 is 3. The lowest BCUT2D eigenvalue weighted by molar-refractivity contribution is 0.0953. The molecular weight excluding hydrogens is 296 g/mol. The summed E-state index contributed by atoms with van der Waals surface area (Å²) < 4.78 is 21.6. The summed E-state index contributed by atoms with van der Waals surface area (Å²) in [6, 6.07) is 12.7. The lowest BCUT2D eigenvalue weighted by Crippen LogP contribution is -2.08. The van der Waals surface area contributed by atoms with Crippen molar-refractivity contribution in [3.05, 3.63) is 53.6 Å². The van der Waals surface area contributed by atoms with Gasteiger partial charge in [-0.25, -0.2) is 0 Å². The van der Waals surface area contributed by atoms with Crippen LogP contribution in [0.2, 0.25) is 0 Å². The summed E-state index contributed by atoms with van der Waals surface area (Å²) in [6.45, 7) is 0. The van der Waals surface area contributed by atoms with Crippen LogP contribution >= 0.6 is 0 Å². The van der Waals surface area contributed by atoms with Crippen molar-refractivity contribution in [3.63, 3.8) is 0 Å². The average Bonchev–Trinajstić information content (AvgIpc) is 3.41. The topological polar surface area (TPSA) is 57.3 Å². The number of benzene rings is 2. The van der Waals surface area contributed by atoms with Gasteiger partial charge in [0.05, 0.1) is 21.3 Å². The number of Topliss-reactive ketones (excluding diaryl/α,β-unsaturated/α-hetero) is 1. The second kappa shape index (κ2) is 6.30. The molecule has 1 saturated heterocycles. The second-order valence-corrected chi connectivity index (χ2v) is 5.17. The molecule has 1 fully saturated rings. The average molecular weight is 314 g/mol. The summed E-state index contributed by atoms with van der Waals surface area (Å²) in [7, 11) is 4.66. The molecule has 5 heteroatoms. The van der Waals surface area contributed by atoms with Crippen LogP contribution in [-0.2, 0) is 4.74 Å². The highest BCUT2D eigenvalue weighted by molar-refractivity contribution is 6.01. The van der Waals surface area contributed by atoms with E-state index < -0.39 is 6.10 Å². The Labute approximate surface area is 134 Å². The predicted molar refractivity (Wildman–Crippen MR) is 84.5 cm³/mol. The van der Waals surface area contributed by atoms with Gasteiger partial charge in [-0.3, -0.25) is 4.79 Å². The molecule has 0 aliphatic carbocycles. The van der Waals surface area contributed by atoms with E-state index in [2.05, 4.69) is 0 Å². The van der Waals surface area contributed by atoms with Gasteiger partial charge in [0, 0.05) is 5.56 Å². The molecule has 5 nitrogen and oxygen atoms in total. The first kappa shape index (κ1) is 15.4. The molecule has 0 spiro atoms. The SMILES string of the molecule is COc1cc([C@H]2O[C@H]2C(=O)c2ccccc2)cc(OC)c1OC. The summed E-state index contributed by atoms with van der Waals surface area (Å²) in [5.74, 6) is 1.58. The first-order chi connectivity index (χ1) is 11.2. The van der Waals surface area contributed by atoms with Gasteiger partial charge in [0.1, 0.15) is 6.10 Å². The minimum Gasteiger partial charge on any atom is -0.493 e. The molecule has 0 bridgehead atoms. The van der Waals surface area contributed by atoms with Crippen LogP contribution in [0.5, 0.6) is 17.2 Å². The molecule has 2 aromatic rings. The van der Waals surface area contributed by atoms with Gasteiger partial charge < -0.3 is 18.9 Å². The third-order valence-electron chi connectivity index (χ3n) is 3.82. The number of carbonyl (C=O) groups is 1. The van der Waals surface area contributed by atoms with Crippen molar-refractivity contribution in [2.24, 2.45) is 0 Å². The Balaban J connectivity index is 1.85. The Bertz CT molecular complexity index is 686. The first-order valence-electron chi connectivity index (χ1n) is 7.24. The lowest BCUT2D eigenvalue weighted by atomic mass is 10.0. The monoisotopic (exact) mass is 314 g/mol. The number of epoxide rings is 1. The fraction of sp³-hybridized carbons (Fsp3) is 0.278. The zero-order valence-corrected chi connectivity index (χ0v) is 13.2. The highest BCUT2D eigenvalue weighted by atomic mass is 16.6. The highest BCUT2D eigenvalue weighted by Crippen LogP contribution is 2.46. The summed E-state index contributed by atoms with van der Waals surface area (Å²) in [6.07, 6.45) is -0.767. The smallest absolute Gasteiger partial charge is 0.203 e. The summed E-state index contributed by atoms with van der Waals surface area (Å²) in [5, 5.41) is 0. The molecule has 0 aromatic heterocycles. The Morgan fingerprint density at radius 1 is 0.957 bits per heavy atom. The van der Waals surface area contributed by atoms with Crippen molar-refractivity contribution in [3.8, 4) is 17.2 Å². The molecule has 23 heavy (non-hydrogen) atoms. The number of hydrogen-bond donors (Lipinski definition) is 0. The van der Waals surface area contributed by atoms with Crippen molar-refractivity contribution in [1.29, 1.82) is 0 Å². The zero-order valence-electron chi connectivity index (χ0n) is 13.2. The fourth-order valence-electron chi connectivity index (χ4n) is 2.60. The molecule has 1 aliphatic rings. The molecule has 1 heterocycles. The number of ketones is 1. The molecule has 120 valence electrons. The third kappa shape index (κ3) is 2.87. The normalized spacial score (nSPS) is 19.1. The van der Waals surface area contributed by atoms with Crippen molar-refractivity contribution >= 4 is 5.78 Å². The maximum Gasteiger partial charge on any atom is 0.203 e. The number of ether oxygens (including phenoxy) is 4. The quantitative estimate of drug-likeness (QED) is 0.606. The zero-order chi connectivity index (χ0) is 16.4. The Morgan fingerprint density at radius 3 is 2.09 bits per heavy atom. The maximum atomic E-state index is 12.4. The number of carbonyl (C=O) groups excluding carboxylic acids is 1. The van der Waals surface area contributed by atoms with Crippen LogP contribution in [-0.4, -0.2) is 33.2 Å². The van der Waals surface area contributed by atoms with Gasteiger partial charge in [0.15, 0.2) is 23.4 Å². The molecule has 0 unspecified atom stereocenters. The van der Waals surface area contributed by atoms with E-state index in [1.807, 2.05) is 30.3 Å². The number of rotatable bonds is 6. The van der Waals surface area contributed by atoms with Crippen molar-refractivity contribution in [2.75, 3.05) is 21.3 Å². The molecule has 2 aromatic carbocycles. The summed E-state index contributed by atoms with van der Waals surface area (Å²) in [4.78, 5) is 12.4. The van der Waals surface area contributed by atoms with E-state index in [4.69, 9.17) is 18.9 Å².